The Hall–Kier alpha value is -2.06. The first-order valence-electron chi connectivity index (χ1n) is 6.76. The lowest BCUT2D eigenvalue weighted by molar-refractivity contribution is -0.290. The number of thiazole rings is 1. The fourth-order valence-electron chi connectivity index (χ4n) is 2.26. The Bertz CT molecular complexity index is 967. The van der Waals surface area contributed by atoms with Crippen LogP contribution in [-0.2, 0) is 5.92 Å². The Balaban J connectivity index is 2.11. The van der Waals surface area contributed by atoms with Gasteiger partial charge in [0.1, 0.15) is 10.6 Å². The van der Waals surface area contributed by atoms with Gasteiger partial charge in [0.15, 0.2) is 4.47 Å². The first-order chi connectivity index (χ1) is 11.6. The molecule has 0 unspecified atom stereocenters. The number of carbonyl (C=O) groups excluding carboxylic acids is 1. The van der Waals surface area contributed by atoms with Gasteiger partial charge in [0, 0.05) is 5.56 Å². The van der Waals surface area contributed by atoms with Crippen LogP contribution in [0.5, 0.6) is 0 Å². The lowest BCUT2D eigenvalue weighted by atomic mass is 10.0. The van der Waals surface area contributed by atoms with Crippen molar-refractivity contribution in [3.8, 4) is 0 Å². The summed E-state index contributed by atoms with van der Waals surface area (Å²) in [6, 6.07) is 11.3. The van der Waals surface area contributed by atoms with E-state index in [1.54, 1.807) is 30.3 Å². The second-order valence-electron chi connectivity index (χ2n) is 5.11. The van der Waals surface area contributed by atoms with E-state index < -0.39 is 32.9 Å². The SMILES string of the molecule is O=C(c1ccc2ccccc2c1)c1sc(Cl)nc1C(F)(F)C(F)(F)F. The number of hydrogen-bond acceptors (Lipinski definition) is 3. The van der Waals surface area contributed by atoms with Gasteiger partial charge in [-0.1, -0.05) is 59.3 Å². The summed E-state index contributed by atoms with van der Waals surface area (Å²) in [5, 5.41) is 1.44. The Morgan fingerprint density at radius 1 is 1.00 bits per heavy atom. The molecule has 130 valence electrons. The molecule has 1 aromatic heterocycles. The highest BCUT2D eigenvalue weighted by molar-refractivity contribution is 7.17. The number of carbonyl (C=O) groups is 1. The first kappa shape index (κ1) is 17.8. The van der Waals surface area contributed by atoms with Crippen LogP contribution in [0.4, 0.5) is 22.0 Å². The van der Waals surface area contributed by atoms with Crippen molar-refractivity contribution in [2.24, 2.45) is 0 Å². The van der Waals surface area contributed by atoms with Crippen molar-refractivity contribution < 1.29 is 26.7 Å². The van der Waals surface area contributed by atoms with Gasteiger partial charge >= 0.3 is 12.1 Å². The second kappa shape index (κ2) is 6.03. The fourth-order valence-corrected chi connectivity index (χ4v) is 3.36. The zero-order valence-electron chi connectivity index (χ0n) is 12.1. The molecule has 0 fully saturated rings. The number of hydrogen-bond donors (Lipinski definition) is 0. The molecule has 0 aliphatic carbocycles. The summed E-state index contributed by atoms with van der Waals surface area (Å²) in [7, 11) is 0. The molecule has 0 bridgehead atoms. The van der Waals surface area contributed by atoms with Crippen molar-refractivity contribution in [3.63, 3.8) is 0 Å². The predicted octanol–water partition coefficient (Wildman–Crippen LogP) is 5.83. The number of rotatable bonds is 3. The van der Waals surface area contributed by atoms with Gasteiger partial charge in [0.2, 0.25) is 5.78 Å². The average molecular weight is 392 g/mol. The van der Waals surface area contributed by atoms with Crippen LogP contribution in [0.15, 0.2) is 42.5 Å². The number of halogens is 6. The maximum Gasteiger partial charge on any atom is 0.459 e. The van der Waals surface area contributed by atoms with Gasteiger partial charge in [-0.2, -0.15) is 22.0 Å². The molecule has 3 rings (SSSR count). The monoisotopic (exact) mass is 391 g/mol. The number of nitrogens with zero attached hydrogens (tertiary/aromatic N) is 1. The number of ketones is 1. The van der Waals surface area contributed by atoms with E-state index in [0.29, 0.717) is 16.7 Å². The smallest absolute Gasteiger partial charge is 0.288 e. The zero-order chi connectivity index (χ0) is 18.4. The first-order valence-corrected chi connectivity index (χ1v) is 7.95. The van der Waals surface area contributed by atoms with Crippen LogP contribution in [0.25, 0.3) is 10.8 Å². The van der Waals surface area contributed by atoms with Gasteiger partial charge in [0.25, 0.3) is 0 Å². The summed E-state index contributed by atoms with van der Waals surface area (Å²) < 4.78 is 64.7. The van der Waals surface area contributed by atoms with E-state index in [4.69, 9.17) is 11.6 Å². The predicted molar refractivity (Wildman–Crippen MR) is 84.5 cm³/mol. The van der Waals surface area contributed by atoms with Crippen LogP contribution >= 0.6 is 22.9 Å². The minimum absolute atomic E-state index is 0.0294. The molecule has 3 aromatic rings. The largest absolute Gasteiger partial charge is 0.459 e. The molecule has 0 saturated heterocycles. The van der Waals surface area contributed by atoms with Gasteiger partial charge < -0.3 is 0 Å². The lowest BCUT2D eigenvalue weighted by Gasteiger charge is -2.18. The quantitative estimate of drug-likeness (QED) is 0.415. The second-order valence-corrected chi connectivity index (χ2v) is 6.69. The van der Waals surface area contributed by atoms with Gasteiger partial charge in [-0.15, -0.1) is 0 Å². The fraction of sp³-hybridized carbons (Fsp3) is 0.125. The highest BCUT2D eigenvalue weighted by Gasteiger charge is 2.61. The molecule has 0 amide bonds. The van der Waals surface area contributed by atoms with Crippen LogP contribution in [0.3, 0.4) is 0 Å². The Kier molecular flexibility index (Phi) is 4.28. The van der Waals surface area contributed by atoms with Crippen molar-refractivity contribution in [2.45, 2.75) is 12.1 Å². The molecule has 9 heteroatoms. The Morgan fingerprint density at radius 2 is 1.64 bits per heavy atom. The molecule has 0 aliphatic heterocycles. The van der Waals surface area contributed by atoms with E-state index in [2.05, 4.69) is 4.98 Å². The molecular weight excluding hydrogens is 385 g/mol. The van der Waals surface area contributed by atoms with Crippen LogP contribution in [0, 0.1) is 0 Å². The van der Waals surface area contributed by atoms with Crippen LogP contribution < -0.4 is 0 Å². The van der Waals surface area contributed by atoms with E-state index >= 15 is 0 Å². The number of aromatic nitrogens is 1. The maximum atomic E-state index is 13.7. The Labute approximate surface area is 146 Å². The number of alkyl halides is 5. The van der Waals surface area contributed by atoms with E-state index in [0.717, 1.165) is 5.39 Å². The molecule has 0 aliphatic rings. The van der Waals surface area contributed by atoms with E-state index in [1.807, 2.05) is 0 Å². The van der Waals surface area contributed by atoms with E-state index in [-0.39, 0.29) is 5.56 Å². The average Bonchev–Trinajstić information content (AvgIpc) is 2.95. The molecule has 0 atom stereocenters. The summed E-state index contributed by atoms with van der Waals surface area (Å²) in [4.78, 5) is 14.7. The van der Waals surface area contributed by atoms with Gasteiger partial charge in [-0.05, 0) is 16.8 Å². The van der Waals surface area contributed by atoms with Gasteiger partial charge in [-0.25, -0.2) is 4.98 Å². The summed E-state index contributed by atoms with van der Waals surface area (Å²) in [5.41, 5.74) is -1.70. The minimum atomic E-state index is -5.89. The van der Waals surface area contributed by atoms with Crippen molar-refractivity contribution in [2.75, 3.05) is 0 Å². The molecule has 2 aromatic carbocycles. The Morgan fingerprint density at radius 3 is 2.28 bits per heavy atom. The zero-order valence-corrected chi connectivity index (χ0v) is 13.6. The molecular formula is C16H7ClF5NOS. The summed E-state index contributed by atoms with van der Waals surface area (Å²) in [6.45, 7) is 0. The highest BCUT2D eigenvalue weighted by Crippen LogP contribution is 2.46. The third kappa shape index (κ3) is 3.11. The van der Waals surface area contributed by atoms with E-state index in [1.165, 1.54) is 12.1 Å². The summed E-state index contributed by atoms with van der Waals surface area (Å²) in [5.74, 6) is -6.27. The topological polar surface area (TPSA) is 30.0 Å². The maximum absolute atomic E-state index is 13.7. The number of benzene rings is 2. The number of fused-ring (bicyclic) bond motifs is 1. The van der Waals surface area contributed by atoms with Crippen LogP contribution in [-0.4, -0.2) is 16.9 Å². The third-order valence-electron chi connectivity index (χ3n) is 3.47. The van der Waals surface area contributed by atoms with Crippen molar-refractivity contribution in [1.82, 2.24) is 4.98 Å². The van der Waals surface area contributed by atoms with Crippen molar-refractivity contribution in [3.05, 3.63) is 63.1 Å². The van der Waals surface area contributed by atoms with Gasteiger partial charge in [-0.3, -0.25) is 4.79 Å². The van der Waals surface area contributed by atoms with Gasteiger partial charge in [0.05, 0.1) is 0 Å². The van der Waals surface area contributed by atoms with Crippen molar-refractivity contribution >= 4 is 39.5 Å². The van der Waals surface area contributed by atoms with E-state index in [9.17, 15) is 26.7 Å². The third-order valence-corrected chi connectivity index (χ3v) is 4.63. The lowest BCUT2D eigenvalue weighted by Crippen LogP contribution is -2.35. The normalized spacial score (nSPS) is 12.6. The van der Waals surface area contributed by atoms with Crippen molar-refractivity contribution in [1.29, 1.82) is 0 Å². The molecule has 0 spiro atoms. The molecule has 2 nitrogen and oxygen atoms in total. The van der Waals surface area contributed by atoms with Crippen LogP contribution in [0.2, 0.25) is 4.47 Å². The molecule has 25 heavy (non-hydrogen) atoms. The highest BCUT2D eigenvalue weighted by atomic mass is 35.5. The molecule has 0 N–H and O–H groups in total. The molecule has 1 heterocycles. The summed E-state index contributed by atoms with van der Waals surface area (Å²) >= 11 is 5.79. The minimum Gasteiger partial charge on any atom is -0.288 e. The summed E-state index contributed by atoms with van der Waals surface area (Å²) in [6.07, 6.45) is -5.89. The molecule has 0 radical (unpaired) electrons. The molecule has 0 saturated carbocycles. The van der Waals surface area contributed by atoms with Crippen LogP contribution in [0.1, 0.15) is 20.9 Å². The standard InChI is InChI=1S/C16H7ClF5NOS/c17-14-23-13(15(18,19)16(20,21)22)12(25-14)11(24)10-6-5-8-3-1-2-4-9(8)7-10/h1-7H.